The van der Waals surface area contributed by atoms with Gasteiger partial charge in [-0.2, -0.15) is 0 Å². The summed E-state index contributed by atoms with van der Waals surface area (Å²) in [7, 11) is 1.98. The fraction of sp³-hybridized carbons (Fsp3) is 0.538. The van der Waals surface area contributed by atoms with Gasteiger partial charge in [0.05, 0.1) is 12.0 Å². The van der Waals surface area contributed by atoms with Gasteiger partial charge in [0.25, 0.3) is 0 Å². The van der Waals surface area contributed by atoms with Crippen molar-refractivity contribution in [1.29, 1.82) is 0 Å². The molecule has 3 rings (SSSR count). The molecule has 0 amide bonds. The molecule has 2 aromatic heterocycles. The zero-order valence-corrected chi connectivity index (χ0v) is 10.4. The molecule has 4 heteroatoms. The average molecular weight is 230 g/mol. The molecular formula is C13H18N4. The fourth-order valence-electron chi connectivity index (χ4n) is 2.56. The number of aromatic amines is 1. The summed E-state index contributed by atoms with van der Waals surface area (Å²) in [5.74, 6) is 1.74. The fourth-order valence-corrected chi connectivity index (χ4v) is 2.56. The smallest absolute Gasteiger partial charge is 0.158 e. The summed E-state index contributed by atoms with van der Waals surface area (Å²) in [6, 6.07) is 0. The van der Waals surface area contributed by atoms with E-state index in [1.807, 2.05) is 24.1 Å². The van der Waals surface area contributed by atoms with Crippen molar-refractivity contribution in [2.75, 3.05) is 0 Å². The summed E-state index contributed by atoms with van der Waals surface area (Å²) < 4.78 is 1.95. The Labute approximate surface area is 101 Å². The lowest BCUT2D eigenvalue weighted by molar-refractivity contribution is 0.438. The molecular weight excluding hydrogens is 212 g/mol. The summed E-state index contributed by atoms with van der Waals surface area (Å²) in [4.78, 5) is 12.5. The van der Waals surface area contributed by atoms with Crippen LogP contribution in [0.1, 0.15) is 31.2 Å². The van der Waals surface area contributed by atoms with E-state index < -0.39 is 0 Å². The first-order valence-electron chi connectivity index (χ1n) is 6.32. The number of nitrogens with one attached hydrogen (secondary N) is 1. The topological polar surface area (TPSA) is 46.5 Å². The molecule has 0 saturated heterocycles. The van der Waals surface area contributed by atoms with Crippen LogP contribution < -0.4 is 0 Å². The highest BCUT2D eigenvalue weighted by atomic mass is 15.0. The lowest BCUT2D eigenvalue weighted by Crippen LogP contribution is -2.12. The van der Waals surface area contributed by atoms with Crippen molar-refractivity contribution < 1.29 is 0 Å². The van der Waals surface area contributed by atoms with Gasteiger partial charge in [-0.1, -0.05) is 13.3 Å². The molecule has 0 spiro atoms. The number of H-pyrrole nitrogens is 1. The van der Waals surface area contributed by atoms with Gasteiger partial charge >= 0.3 is 0 Å². The van der Waals surface area contributed by atoms with Crippen LogP contribution in [-0.2, 0) is 19.9 Å². The zero-order chi connectivity index (χ0) is 11.8. The predicted molar refractivity (Wildman–Crippen MR) is 66.6 cm³/mol. The molecule has 17 heavy (non-hydrogen) atoms. The van der Waals surface area contributed by atoms with Crippen LogP contribution in [0.5, 0.6) is 0 Å². The molecule has 0 fully saturated rings. The van der Waals surface area contributed by atoms with Gasteiger partial charge in [0.1, 0.15) is 5.69 Å². The minimum atomic E-state index is 0.819. The Hall–Kier alpha value is -1.58. The number of rotatable bonds is 2. The third-order valence-electron chi connectivity index (χ3n) is 3.67. The molecule has 2 heterocycles. The maximum absolute atomic E-state index is 4.67. The quantitative estimate of drug-likeness (QED) is 0.860. The second-order valence-electron chi connectivity index (χ2n) is 4.95. The van der Waals surface area contributed by atoms with Gasteiger partial charge in [-0.25, -0.2) is 9.97 Å². The van der Waals surface area contributed by atoms with Crippen LogP contribution in [0, 0.1) is 5.92 Å². The monoisotopic (exact) mass is 230 g/mol. The zero-order valence-electron chi connectivity index (χ0n) is 10.4. The number of aromatic nitrogens is 4. The molecule has 0 bridgehead atoms. The van der Waals surface area contributed by atoms with E-state index in [0.29, 0.717) is 0 Å². The van der Waals surface area contributed by atoms with Crippen molar-refractivity contribution in [2.45, 2.75) is 32.6 Å². The molecule has 0 radical (unpaired) electrons. The molecule has 1 aliphatic rings. The van der Waals surface area contributed by atoms with Crippen molar-refractivity contribution in [1.82, 2.24) is 19.5 Å². The van der Waals surface area contributed by atoms with Gasteiger partial charge < -0.3 is 9.55 Å². The van der Waals surface area contributed by atoms with E-state index in [9.17, 15) is 0 Å². The van der Waals surface area contributed by atoms with Gasteiger partial charge in [0.15, 0.2) is 5.82 Å². The molecule has 0 aliphatic heterocycles. The standard InChI is InChI=1S/C13H18N4/c1-3-9-4-5-10-11(6-9)16-13(15-10)12-7-17(2)8-14-12/h7-9H,3-6H2,1-2H3,(H,15,16). The van der Waals surface area contributed by atoms with Gasteiger partial charge in [-0.05, 0) is 25.2 Å². The van der Waals surface area contributed by atoms with Crippen molar-refractivity contribution >= 4 is 0 Å². The van der Waals surface area contributed by atoms with Crippen LogP contribution in [0.3, 0.4) is 0 Å². The Morgan fingerprint density at radius 2 is 2.41 bits per heavy atom. The second-order valence-corrected chi connectivity index (χ2v) is 4.95. The summed E-state index contributed by atoms with van der Waals surface area (Å²) in [6.07, 6.45) is 8.60. The van der Waals surface area contributed by atoms with Crippen molar-refractivity contribution in [3.05, 3.63) is 23.9 Å². The van der Waals surface area contributed by atoms with Crippen LogP contribution in [-0.4, -0.2) is 19.5 Å². The van der Waals surface area contributed by atoms with Gasteiger partial charge in [-0.15, -0.1) is 0 Å². The molecule has 2 aromatic rings. The van der Waals surface area contributed by atoms with Gasteiger partial charge in [0, 0.05) is 18.9 Å². The van der Waals surface area contributed by atoms with Crippen LogP contribution >= 0.6 is 0 Å². The summed E-state index contributed by atoms with van der Waals surface area (Å²) in [6.45, 7) is 2.27. The minimum absolute atomic E-state index is 0.819. The third-order valence-corrected chi connectivity index (χ3v) is 3.67. The van der Waals surface area contributed by atoms with Crippen LogP contribution in [0.25, 0.3) is 11.5 Å². The Bertz CT molecular complexity index is 523. The predicted octanol–water partition coefficient (Wildman–Crippen LogP) is 2.33. The van der Waals surface area contributed by atoms with E-state index in [-0.39, 0.29) is 0 Å². The highest BCUT2D eigenvalue weighted by molar-refractivity contribution is 5.49. The second kappa shape index (κ2) is 4.02. The number of aryl methyl sites for hydroxylation is 2. The molecule has 1 unspecified atom stereocenters. The maximum Gasteiger partial charge on any atom is 0.158 e. The van der Waals surface area contributed by atoms with E-state index in [2.05, 4.69) is 21.9 Å². The summed E-state index contributed by atoms with van der Waals surface area (Å²) in [5, 5.41) is 0. The summed E-state index contributed by atoms with van der Waals surface area (Å²) >= 11 is 0. The Morgan fingerprint density at radius 1 is 1.53 bits per heavy atom. The van der Waals surface area contributed by atoms with Crippen molar-refractivity contribution in [3.8, 4) is 11.5 Å². The molecule has 1 N–H and O–H groups in total. The van der Waals surface area contributed by atoms with Crippen molar-refractivity contribution in [2.24, 2.45) is 13.0 Å². The first-order valence-corrected chi connectivity index (χ1v) is 6.32. The van der Waals surface area contributed by atoms with Crippen molar-refractivity contribution in [3.63, 3.8) is 0 Å². The minimum Gasteiger partial charge on any atom is -0.340 e. The number of hydrogen-bond donors (Lipinski definition) is 1. The van der Waals surface area contributed by atoms with E-state index in [4.69, 9.17) is 0 Å². The Balaban J connectivity index is 1.92. The normalized spacial score (nSPS) is 19.3. The number of hydrogen-bond acceptors (Lipinski definition) is 2. The molecule has 4 nitrogen and oxygen atoms in total. The van der Waals surface area contributed by atoms with Gasteiger partial charge in [0.2, 0.25) is 0 Å². The lowest BCUT2D eigenvalue weighted by Gasteiger charge is -2.18. The summed E-state index contributed by atoms with van der Waals surface area (Å²) in [5.41, 5.74) is 3.51. The number of nitrogens with zero attached hydrogens (tertiary/aromatic N) is 3. The lowest BCUT2D eigenvalue weighted by atomic mass is 9.88. The average Bonchev–Trinajstić information content (AvgIpc) is 2.93. The molecule has 1 aliphatic carbocycles. The first kappa shape index (κ1) is 10.6. The van der Waals surface area contributed by atoms with Crippen LogP contribution in [0.4, 0.5) is 0 Å². The number of imidazole rings is 2. The van der Waals surface area contributed by atoms with E-state index in [0.717, 1.165) is 30.3 Å². The van der Waals surface area contributed by atoms with Crippen LogP contribution in [0.15, 0.2) is 12.5 Å². The van der Waals surface area contributed by atoms with Gasteiger partial charge in [-0.3, -0.25) is 0 Å². The highest BCUT2D eigenvalue weighted by Gasteiger charge is 2.21. The Kier molecular flexibility index (Phi) is 2.50. The molecule has 0 aromatic carbocycles. The SMILES string of the molecule is CCC1CCc2nc(-c3cn(C)cn3)[nH]c2C1. The van der Waals surface area contributed by atoms with E-state index >= 15 is 0 Å². The molecule has 0 saturated carbocycles. The van der Waals surface area contributed by atoms with Crippen LogP contribution in [0.2, 0.25) is 0 Å². The number of fused-ring (bicyclic) bond motifs is 1. The Morgan fingerprint density at radius 3 is 3.12 bits per heavy atom. The highest BCUT2D eigenvalue weighted by Crippen LogP contribution is 2.27. The molecule has 90 valence electrons. The van der Waals surface area contributed by atoms with E-state index in [1.165, 1.54) is 24.2 Å². The molecule has 1 atom stereocenters. The largest absolute Gasteiger partial charge is 0.340 e. The first-order chi connectivity index (χ1) is 8.26. The third kappa shape index (κ3) is 1.88. The maximum atomic E-state index is 4.67. The van der Waals surface area contributed by atoms with E-state index in [1.54, 1.807) is 0 Å².